The summed E-state index contributed by atoms with van der Waals surface area (Å²) in [4.78, 5) is 11.5. The van der Waals surface area contributed by atoms with Gasteiger partial charge in [-0.15, -0.1) is 0 Å². The number of hydrogen-bond acceptors (Lipinski definition) is 1. The van der Waals surface area contributed by atoms with Crippen LogP contribution in [0.4, 0.5) is 4.39 Å². The molecule has 5 heteroatoms. The van der Waals surface area contributed by atoms with Gasteiger partial charge in [0.25, 0.3) is 5.91 Å². The van der Waals surface area contributed by atoms with E-state index in [0.717, 1.165) is 11.8 Å². The molecule has 0 aromatic heterocycles. The van der Waals surface area contributed by atoms with Crippen molar-refractivity contribution in [2.45, 2.75) is 6.42 Å². The molecular weight excluding hydrogens is 329 g/mol. The molecule has 82 valence electrons. The summed E-state index contributed by atoms with van der Waals surface area (Å²) < 4.78 is 13.7. The highest BCUT2D eigenvalue weighted by molar-refractivity contribution is 9.10. The van der Waals surface area contributed by atoms with E-state index in [2.05, 4.69) is 37.2 Å². The minimum absolute atomic E-state index is 0.0685. The molecule has 1 amide bonds. The Bertz CT molecular complexity index is 357. The van der Waals surface area contributed by atoms with Crippen molar-refractivity contribution in [3.8, 4) is 0 Å². The van der Waals surface area contributed by atoms with Crippen LogP contribution in [0.1, 0.15) is 16.8 Å². The lowest BCUT2D eigenvalue weighted by atomic mass is 10.2. The molecule has 0 aliphatic rings. The lowest BCUT2D eigenvalue weighted by Crippen LogP contribution is -2.25. The molecule has 0 saturated heterocycles. The van der Waals surface area contributed by atoms with Crippen LogP contribution < -0.4 is 5.32 Å². The van der Waals surface area contributed by atoms with Gasteiger partial charge < -0.3 is 5.32 Å². The lowest BCUT2D eigenvalue weighted by molar-refractivity contribution is 0.0949. The Kier molecular flexibility index (Phi) is 5.25. The first-order valence-electron chi connectivity index (χ1n) is 4.45. The van der Waals surface area contributed by atoms with Gasteiger partial charge in [0.1, 0.15) is 5.82 Å². The van der Waals surface area contributed by atoms with Crippen LogP contribution in [-0.4, -0.2) is 17.8 Å². The highest BCUT2D eigenvalue weighted by Gasteiger charge is 2.12. The molecule has 0 saturated carbocycles. The molecular formula is C10H10Br2FNO. The topological polar surface area (TPSA) is 29.1 Å². The maximum atomic E-state index is 13.4. The molecule has 2 nitrogen and oxygen atoms in total. The van der Waals surface area contributed by atoms with Gasteiger partial charge in [-0.05, 0) is 34.5 Å². The number of hydrogen-bond donors (Lipinski definition) is 1. The second-order valence-corrected chi connectivity index (χ2v) is 4.55. The monoisotopic (exact) mass is 337 g/mol. The van der Waals surface area contributed by atoms with Crippen molar-refractivity contribution < 1.29 is 9.18 Å². The molecule has 0 bridgehead atoms. The molecule has 0 heterocycles. The Balaban J connectivity index is 2.69. The van der Waals surface area contributed by atoms with Gasteiger partial charge in [0.15, 0.2) is 0 Å². The van der Waals surface area contributed by atoms with Gasteiger partial charge in [-0.2, -0.15) is 0 Å². The van der Waals surface area contributed by atoms with Gasteiger partial charge >= 0.3 is 0 Å². The van der Waals surface area contributed by atoms with Crippen molar-refractivity contribution in [2.24, 2.45) is 0 Å². The second-order valence-electron chi connectivity index (χ2n) is 2.90. The molecule has 1 N–H and O–H groups in total. The van der Waals surface area contributed by atoms with E-state index in [1.165, 1.54) is 6.07 Å². The van der Waals surface area contributed by atoms with Crippen molar-refractivity contribution in [1.82, 2.24) is 5.32 Å². The van der Waals surface area contributed by atoms with E-state index in [1.807, 2.05) is 0 Å². The number of alkyl halides is 1. The fourth-order valence-electron chi connectivity index (χ4n) is 1.04. The van der Waals surface area contributed by atoms with Crippen LogP contribution in [0.15, 0.2) is 22.7 Å². The van der Waals surface area contributed by atoms with Crippen LogP contribution >= 0.6 is 31.9 Å². The number of nitrogens with one attached hydrogen (secondary N) is 1. The van der Waals surface area contributed by atoms with Crippen LogP contribution in [0.2, 0.25) is 0 Å². The van der Waals surface area contributed by atoms with Gasteiger partial charge in [-0.1, -0.05) is 22.0 Å². The van der Waals surface area contributed by atoms with Crippen molar-refractivity contribution in [3.63, 3.8) is 0 Å². The molecule has 0 aliphatic carbocycles. The van der Waals surface area contributed by atoms with Crippen LogP contribution in [0.5, 0.6) is 0 Å². The molecule has 0 aliphatic heterocycles. The Morgan fingerprint density at radius 2 is 2.20 bits per heavy atom. The summed E-state index contributed by atoms with van der Waals surface area (Å²) in [6.45, 7) is 0.538. The fourth-order valence-corrected chi connectivity index (χ4v) is 1.69. The minimum atomic E-state index is -0.520. The Hall–Kier alpha value is -0.420. The molecule has 0 atom stereocenters. The molecule has 0 fully saturated rings. The normalized spacial score (nSPS) is 10.1. The van der Waals surface area contributed by atoms with Crippen LogP contribution in [0.3, 0.4) is 0 Å². The third-order valence-electron chi connectivity index (χ3n) is 1.79. The number of rotatable bonds is 4. The van der Waals surface area contributed by atoms with Gasteiger partial charge in [0.2, 0.25) is 0 Å². The van der Waals surface area contributed by atoms with Crippen molar-refractivity contribution in [2.75, 3.05) is 11.9 Å². The highest BCUT2D eigenvalue weighted by atomic mass is 79.9. The third kappa shape index (κ3) is 3.57. The number of amides is 1. The van der Waals surface area contributed by atoms with Crippen molar-refractivity contribution in [1.29, 1.82) is 0 Å². The Morgan fingerprint density at radius 1 is 1.47 bits per heavy atom. The average molecular weight is 339 g/mol. The number of halogens is 3. The van der Waals surface area contributed by atoms with Crippen molar-refractivity contribution >= 4 is 37.8 Å². The predicted octanol–water partition coefficient (Wildman–Crippen LogP) is 3.10. The van der Waals surface area contributed by atoms with E-state index < -0.39 is 5.82 Å². The molecule has 1 aromatic rings. The first kappa shape index (κ1) is 12.6. The molecule has 15 heavy (non-hydrogen) atoms. The summed E-state index contributed by atoms with van der Waals surface area (Å²) in [5.41, 5.74) is 0.0685. The average Bonchev–Trinajstić information content (AvgIpc) is 2.22. The minimum Gasteiger partial charge on any atom is -0.352 e. The number of carbonyl (C=O) groups excluding carboxylic acids is 1. The maximum absolute atomic E-state index is 13.4. The molecule has 0 unspecified atom stereocenters. The summed E-state index contributed by atoms with van der Waals surface area (Å²) in [6, 6.07) is 4.65. The smallest absolute Gasteiger partial charge is 0.254 e. The Morgan fingerprint density at radius 3 is 2.87 bits per heavy atom. The van der Waals surface area contributed by atoms with Gasteiger partial charge in [0, 0.05) is 11.9 Å². The van der Waals surface area contributed by atoms with Gasteiger partial charge in [0.05, 0.1) is 10.0 Å². The standard InChI is InChI=1S/C10H10Br2FNO/c11-5-2-6-14-10(15)7-3-1-4-8(12)9(7)13/h1,3-4H,2,5-6H2,(H,14,15). The first-order chi connectivity index (χ1) is 7.16. The summed E-state index contributed by atoms with van der Waals surface area (Å²) >= 11 is 6.28. The summed E-state index contributed by atoms with van der Waals surface area (Å²) in [5, 5.41) is 3.45. The molecule has 1 aromatic carbocycles. The van der Waals surface area contributed by atoms with E-state index in [4.69, 9.17) is 0 Å². The molecule has 0 spiro atoms. The quantitative estimate of drug-likeness (QED) is 0.663. The van der Waals surface area contributed by atoms with Crippen LogP contribution in [-0.2, 0) is 0 Å². The second kappa shape index (κ2) is 6.23. The number of benzene rings is 1. The number of carbonyl (C=O) groups is 1. The summed E-state index contributed by atoms with van der Waals surface area (Å²) in [7, 11) is 0. The van der Waals surface area contributed by atoms with Gasteiger partial charge in [-0.25, -0.2) is 4.39 Å². The van der Waals surface area contributed by atoms with E-state index >= 15 is 0 Å². The predicted molar refractivity (Wildman–Crippen MR) is 64.8 cm³/mol. The largest absolute Gasteiger partial charge is 0.352 e. The zero-order chi connectivity index (χ0) is 11.3. The third-order valence-corrected chi connectivity index (χ3v) is 2.97. The fraction of sp³-hybridized carbons (Fsp3) is 0.300. The van der Waals surface area contributed by atoms with Crippen molar-refractivity contribution in [3.05, 3.63) is 34.1 Å². The van der Waals surface area contributed by atoms with E-state index in [9.17, 15) is 9.18 Å². The summed E-state index contributed by atoms with van der Waals surface area (Å²) in [5.74, 6) is -0.899. The van der Waals surface area contributed by atoms with Gasteiger partial charge in [-0.3, -0.25) is 4.79 Å². The maximum Gasteiger partial charge on any atom is 0.254 e. The Labute approximate surface area is 105 Å². The van der Waals surface area contributed by atoms with Crippen LogP contribution in [0.25, 0.3) is 0 Å². The molecule has 1 rings (SSSR count). The SMILES string of the molecule is O=C(NCCCBr)c1cccc(Br)c1F. The summed E-state index contributed by atoms with van der Waals surface area (Å²) in [6.07, 6.45) is 0.821. The zero-order valence-electron chi connectivity index (χ0n) is 7.90. The lowest BCUT2D eigenvalue weighted by Gasteiger charge is -2.05. The molecule has 0 radical (unpaired) electrons. The van der Waals surface area contributed by atoms with Crippen LogP contribution in [0, 0.1) is 5.82 Å². The van der Waals surface area contributed by atoms with E-state index in [-0.39, 0.29) is 11.5 Å². The van der Waals surface area contributed by atoms with E-state index in [1.54, 1.807) is 12.1 Å². The first-order valence-corrected chi connectivity index (χ1v) is 6.36. The zero-order valence-corrected chi connectivity index (χ0v) is 11.1. The highest BCUT2D eigenvalue weighted by Crippen LogP contribution is 2.18. The van der Waals surface area contributed by atoms with E-state index in [0.29, 0.717) is 11.0 Å².